The molecular formula is C10H21NO. The monoisotopic (exact) mass is 171 g/mol. The molecule has 0 amide bonds. The van der Waals surface area contributed by atoms with Gasteiger partial charge in [0, 0.05) is 12.1 Å². The van der Waals surface area contributed by atoms with Crippen LogP contribution in [0.5, 0.6) is 0 Å². The maximum absolute atomic E-state index is 5.45. The lowest BCUT2D eigenvalue weighted by molar-refractivity contribution is 0.0305. The van der Waals surface area contributed by atoms with E-state index in [1.807, 2.05) is 0 Å². The molecule has 2 heteroatoms. The van der Waals surface area contributed by atoms with Crippen molar-refractivity contribution in [1.82, 2.24) is 5.32 Å². The van der Waals surface area contributed by atoms with Gasteiger partial charge in [-0.15, -0.1) is 0 Å². The van der Waals surface area contributed by atoms with Crippen LogP contribution in [0.2, 0.25) is 0 Å². The minimum atomic E-state index is 0.257. The zero-order valence-corrected chi connectivity index (χ0v) is 8.36. The largest absolute Gasteiger partial charge is 0.378 e. The van der Waals surface area contributed by atoms with Crippen molar-refractivity contribution in [3.63, 3.8) is 0 Å². The van der Waals surface area contributed by atoms with E-state index in [2.05, 4.69) is 19.2 Å². The Labute approximate surface area is 75.7 Å². The first-order valence-corrected chi connectivity index (χ1v) is 5.10. The summed E-state index contributed by atoms with van der Waals surface area (Å²) in [4.78, 5) is 0. The van der Waals surface area contributed by atoms with Gasteiger partial charge in [-0.05, 0) is 13.3 Å². The molecule has 0 aromatic heterocycles. The van der Waals surface area contributed by atoms with Crippen LogP contribution in [0.1, 0.15) is 39.5 Å². The van der Waals surface area contributed by atoms with Crippen LogP contribution in [0.25, 0.3) is 0 Å². The fourth-order valence-corrected chi connectivity index (χ4v) is 1.70. The molecule has 0 aliphatic carbocycles. The molecule has 1 saturated heterocycles. The van der Waals surface area contributed by atoms with E-state index in [1.165, 1.54) is 25.7 Å². The van der Waals surface area contributed by atoms with Crippen molar-refractivity contribution in [3.8, 4) is 0 Å². The van der Waals surface area contributed by atoms with Gasteiger partial charge in [0.15, 0.2) is 0 Å². The molecule has 1 heterocycles. The Balaban J connectivity index is 2.17. The molecule has 1 fully saturated rings. The quantitative estimate of drug-likeness (QED) is 0.653. The third-order valence-electron chi connectivity index (χ3n) is 2.55. The summed E-state index contributed by atoms with van der Waals surface area (Å²) in [5.74, 6) is 0. The molecule has 72 valence electrons. The molecule has 1 aliphatic heterocycles. The molecular weight excluding hydrogens is 150 g/mol. The van der Waals surface area contributed by atoms with E-state index in [1.54, 1.807) is 0 Å². The van der Waals surface area contributed by atoms with Gasteiger partial charge in [-0.3, -0.25) is 0 Å². The van der Waals surface area contributed by atoms with E-state index >= 15 is 0 Å². The van der Waals surface area contributed by atoms with Gasteiger partial charge in [0.2, 0.25) is 0 Å². The average Bonchev–Trinajstić information content (AvgIpc) is 2.06. The summed E-state index contributed by atoms with van der Waals surface area (Å²) in [6.45, 7) is 7.29. The summed E-state index contributed by atoms with van der Waals surface area (Å²) in [6.07, 6.45) is 5.22. The molecule has 12 heavy (non-hydrogen) atoms. The fourth-order valence-electron chi connectivity index (χ4n) is 1.70. The first-order chi connectivity index (χ1) is 5.77. The Morgan fingerprint density at radius 3 is 2.83 bits per heavy atom. The van der Waals surface area contributed by atoms with Crippen LogP contribution in [0.4, 0.5) is 0 Å². The number of hydrogen-bond acceptors (Lipinski definition) is 2. The standard InChI is InChI=1S/C10H21NO/c1-3-4-5-6-10(2)9-12-8-7-11-10/h11H,3-9H2,1-2H3. The van der Waals surface area contributed by atoms with Gasteiger partial charge < -0.3 is 10.1 Å². The van der Waals surface area contributed by atoms with Crippen molar-refractivity contribution in [3.05, 3.63) is 0 Å². The van der Waals surface area contributed by atoms with Gasteiger partial charge in [0.1, 0.15) is 0 Å². The Bertz CT molecular complexity index is 119. The zero-order valence-electron chi connectivity index (χ0n) is 8.36. The number of hydrogen-bond donors (Lipinski definition) is 1. The molecule has 0 aromatic carbocycles. The normalized spacial score (nSPS) is 30.5. The lowest BCUT2D eigenvalue weighted by Crippen LogP contribution is -2.51. The summed E-state index contributed by atoms with van der Waals surface area (Å²) in [5.41, 5.74) is 0.257. The Morgan fingerprint density at radius 2 is 2.25 bits per heavy atom. The Morgan fingerprint density at radius 1 is 1.42 bits per heavy atom. The van der Waals surface area contributed by atoms with E-state index in [4.69, 9.17) is 4.74 Å². The van der Waals surface area contributed by atoms with Gasteiger partial charge in [-0.25, -0.2) is 0 Å². The first kappa shape index (κ1) is 10.0. The second-order valence-corrected chi connectivity index (χ2v) is 4.00. The van der Waals surface area contributed by atoms with Crippen molar-refractivity contribution in [2.45, 2.75) is 45.1 Å². The molecule has 1 atom stereocenters. The molecule has 1 N–H and O–H groups in total. The molecule has 0 spiro atoms. The molecule has 0 bridgehead atoms. The molecule has 0 saturated carbocycles. The van der Waals surface area contributed by atoms with E-state index in [0.717, 1.165) is 19.8 Å². The highest BCUT2D eigenvalue weighted by molar-refractivity contribution is 4.85. The van der Waals surface area contributed by atoms with Crippen molar-refractivity contribution in [2.24, 2.45) is 0 Å². The van der Waals surface area contributed by atoms with Crippen LogP contribution >= 0.6 is 0 Å². The van der Waals surface area contributed by atoms with Crippen LogP contribution in [0, 0.1) is 0 Å². The molecule has 0 radical (unpaired) electrons. The van der Waals surface area contributed by atoms with Crippen molar-refractivity contribution in [1.29, 1.82) is 0 Å². The van der Waals surface area contributed by atoms with Crippen LogP contribution in [0.15, 0.2) is 0 Å². The third kappa shape index (κ3) is 3.11. The Kier molecular flexibility index (Phi) is 4.02. The molecule has 1 rings (SSSR count). The van der Waals surface area contributed by atoms with E-state index < -0.39 is 0 Å². The maximum atomic E-state index is 5.45. The highest BCUT2D eigenvalue weighted by Gasteiger charge is 2.25. The van der Waals surface area contributed by atoms with Crippen LogP contribution < -0.4 is 5.32 Å². The predicted octanol–water partition coefficient (Wildman–Crippen LogP) is 1.95. The summed E-state index contributed by atoms with van der Waals surface area (Å²) in [7, 11) is 0. The number of nitrogens with one attached hydrogen (secondary N) is 1. The minimum Gasteiger partial charge on any atom is -0.378 e. The number of rotatable bonds is 4. The van der Waals surface area contributed by atoms with Gasteiger partial charge in [0.05, 0.1) is 13.2 Å². The third-order valence-corrected chi connectivity index (χ3v) is 2.55. The van der Waals surface area contributed by atoms with Crippen LogP contribution in [0.3, 0.4) is 0 Å². The minimum absolute atomic E-state index is 0.257. The lowest BCUT2D eigenvalue weighted by Gasteiger charge is -2.34. The van der Waals surface area contributed by atoms with Crippen LogP contribution in [-0.4, -0.2) is 25.3 Å². The summed E-state index contributed by atoms with van der Waals surface area (Å²) < 4.78 is 5.45. The number of morpholine rings is 1. The van der Waals surface area contributed by atoms with Crippen molar-refractivity contribution >= 4 is 0 Å². The molecule has 1 aliphatic rings. The zero-order chi connectivity index (χ0) is 8.86. The highest BCUT2D eigenvalue weighted by atomic mass is 16.5. The summed E-state index contributed by atoms with van der Waals surface area (Å²) in [6, 6.07) is 0. The average molecular weight is 171 g/mol. The number of ether oxygens (including phenoxy) is 1. The Hall–Kier alpha value is -0.0800. The number of unbranched alkanes of at least 4 members (excludes halogenated alkanes) is 2. The highest BCUT2D eigenvalue weighted by Crippen LogP contribution is 2.17. The van der Waals surface area contributed by atoms with Gasteiger partial charge in [0.25, 0.3) is 0 Å². The van der Waals surface area contributed by atoms with Crippen LogP contribution in [-0.2, 0) is 4.74 Å². The second kappa shape index (κ2) is 4.83. The van der Waals surface area contributed by atoms with Crippen molar-refractivity contribution in [2.75, 3.05) is 19.8 Å². The maximum Gasteiger partial charge on any atom is 0.0646 e. The SMILES string of the molecule is CCCCCC1(C)COCCN1. The van der Waals surface area contributed by atoms with E-state index in [-0.39, 0.29) is 5.54 Å². The topological polar surface area (TPSA) is 21.3 Å². The second-order valence-electron chi connectivity index (χ2n) is 4.00. The lowest BCUT2D eigenvalue weighted by atomic mass is 9.94. The van der Waals surface area contributed by atoms with E-state index in [9.17, 15) is 0 Å². The van der Waals surface area contributed by atoms with E-state index in [0.29, 0.717) is 0 Å². The molecule has 2 nitrogen and oxygen atoms in total. The fraction of sp³-hybridized carbons (Fsp3) is 1.00. The molecule has 0 aromatic rings. The summed E-state index contributed by atoms with van der Waals surface area (Å²) >= 11 is 0. The van der Waals surface area contributed by atoms with Gasteiger partial charge in [-0.1, -0.05) is 26.2 Å². The summed E-state index contributed by atoms with van der Waals surface area (Å²) in [5, 5.41) is 3.53. The van der Waals surface area contributed by atoms with Crippen molar-refractivity contribution < 1.29 is 4.74 Å². The molecule has 1 unspecified atom stereocenters. The smallest absolute Gasteiger partial charge is 0.0646 e. The van der Waals surface area contributed by atoms with Gasteiger partial charge >= 0.3 is 0 Å². The predicted molar refractivity (Wildman–Crippen MR) is 51.4 cm³/mol. The van der Waals surface area contributed by atoms with Gasteiger partial charge in [-0.2, -0.15) is 0 Å². The first-order valence-electron chi connectivity index (χ1n) is 5.10.